The number of nitrogens with zero attached hydrogens (tertiary/aromatic N) is 1. The highest BCUT2D eigenvalue weighted by Crippen LogP contribution is 2.45. The molecule has 1 saturated heterocycles. The molecule has 3 rings (SSSR count). The summed E-state index contributed by atoms with van der Waals surface area (Å²) in [6, 6.07) is 3.13. The molecule has 2 aliphatic rings. The molecule has 0 radical (unpaired) electrons. The lowest BCUT2D eigenvalue weighted by atomic mass is 9.82. The number of piperidine rings is 1. The number of carbonyl (C=O) groups is 2. The Hall–Kier alpha value is -2.45. The number of hydrogen-bond acceptors (Lipinski definition) is 5. The molecule has 0 saturated carbocycles. The summed E-state index contributed by atoms with van der Waals surface area (Å²) in [5.41, 5.74) is -0.628. The van der Waals surface area contributed by atoms with E-state index in [0.717, 1.165) is 4.90 Å². The fourth-order valence-electron chi connectivity index (χ4n) is 3.43. The monoisotopic (exact) mass is 373 g/mol. The number of Topliss-reactive ketones (excluding diaryl/α,β-unsaturated/α-hetero) is 1. The molecule has 0 aromatic heterocycles. The highest BCUT2D eigenvalue weighted by molar-refractivity contribution is 6.03. The standard InChI is InChI=1S/C17H18F3NO5/c1-24-10-7-12(25-2)14-11(22)9-16(26-13(14)8-10)3-5-21(6-4-16)15(23)17(18,19)20/h7-8H,3-6,9H2,1-2H3. The van der Waals surface area contributed by atoms with Gasteiger partial charge in [-0.05, 0) is 0 Å². The van der Waals surface area contributed by atoms with Gasteiger partial charge >= 0.3 is 12.1 Å². The Labute approximate surface area is 147 Å². The summed E-state index contributed by atoms with van der Waals surface area (Å²) >= 11 is 0. The van der Waals surface area contributed by atoms with Gasteiger partial charge in [-0.15, -0.1) is 0 Å². The van der Waals surface area contributed by atoms with Crippen molar-refractivity contribution in [2.24, 2.45) is 0 Å². The van der Waals surface area contributed by atoms with E-state index in [1.165, 1.54) is 14.2 Å². The highest BCUT2D eigenvalue weighted by Gasteiger charge is 2.49. The molecule has 142 valence electrons. The van der Waals surface area contributed by atoms with Crippen LogP contribution in [0, 0.1) is 0 Å². The van der Waals surface area contributed by atoms with Crippen molar-refractivity contribution in [3.8, 4) is 17.2 Å². The molecule has 0 N–H and O–H groups in total. The van der Waals surface area contributed by atoms with Crippen molar-refractivity contribution in [2.75, 3.05) is 27.3 Å². The minimum absolute atomic E-state index is 0.0245. The third-order valence-electron chi connectivity index (χ3n) is 4.79. The van der Waals surface area contributed by atoms with Crippen molar-refractivity contribution in [1.82, 2.24) is 4.90 Å². The molecular formula is C17H18F3NO5. The molecule has 9 heteroatoms. The van der Waals surface area contributed by atoms with Gasteiger partial charge in [0, 0.05) is 38.1 Å². The summed E-state index contributed by atoms with van der Waals surface area (Å²) in [5.74, 6) is -1.02. The number of alkyl halides is 3. The van der Waals surface area contributed by atoms with Crippen molar-refractivity contribution in [3.63, 3.8) is 0 Å². The van der Waals surface area contributed by atoms with Gasteiger partial charge in [0.2, 0.25) is 0 Å². The van der Waals surface area contributed by atoms with E-state index in [-0.39, 0.29) is 43.9 Å². The second-order valence-corrected chi connectivity index (χ2v) is 6.38. The number of fused-ring (bicyclic) bond motifs is 1. The molecule has 1 aromatic carbocycles. The topological polar surface area (TPSA) is 65.1 Å². The lowest BCUT2D eigenvalue weighted by Gasteiger charge is -2.44. The third kappa shape index (κ3) is 3.17. The van der Waals surface area contributed by atoms with Crippen LogP contribution in [0.1, 0.15) is 29.6 Å². The Balaban J connectivity index is 1.83. The largest absolute Gasteiger partial charge is 0.496 e. The summed E-state index contributed by atoms with van der Waals surface area (Å²) in [4.78, 5) is 24.8. The van der Waals surface area contributed by atoms with E-state index >= 15 is 0 Å². The molecule has 2 heterocycles. The number of ketones is 1. The van der Waals surface area contributed by atoms with E-state index in [9.17, 15) is 22.8 Å². The van der Waals surface area contributed by atoms with Crippen LogP contribution in [0.2, 0.25) is 0 Å². The van der Waals surface area contributed by atoms with Crippen molar-refractivity contribution < 1.29 is 37.0 Å². The van der Waals surface area contributed by atoms with Gasteiger partial charge in [-0.2, -0.15) is 13.2 Å². The van der Waals surface area contributed by atoms with Crippen LogP contribution < -0.4 is 14.2 Å². The molecule has 0 aliphatic carbocycles. The van der Waals surface area contributed by atoms with Crippen LogP contribution >= 0.6 is 0 Å². The van der Waals surface area contributed by atoms with E-state index in [1.54, 1.807) is 12.1 Å². The smallest absolute Gasteiger partial charge is 0.471 e. The maximum Gasteiger partial charge on any atom is 0.471 e. The van der Waals surface area contributed by atoms with Gasteiger partial charge in [0.15, 0.2) is 5.78 Å². The van der Waals surface area contributed by atoms with Crippen LogP contribution in [-0.4, -0.2) is 55.7 Å². The second kappa shape index (κ2) is 6.37. The number of ether oxygens (including phenoxy) is 3. The zero-order valence-electron chi connectivity index (χ0n) is 14.3. The van der Waals surface area contributed by atoms with E-state index < -0.39 is 17.7 Å². The Morgan fingerprint density at radius 1 is 1.19 bits per heavy atom. The van der Waals surface area contributed by atoms with Crippen LogP contribution in [0.25, 0.3) is 0 Å². The molecule has 1 fully saturated rings. The quantitative estimate of drug-likeness (QED) is 0.797. The molecule has 1 amide bonds. The van der Waals surface area contributed by atoms with E-state index in [1.807, 2.05) is 0 Å². The number of amides is 1. The van der Waals surface area contributed by atoms with Gasteiger partial charge in [0.25, 0.3) is 0 Å². The molecule has 6 nitrogen and oxygen atoms in total. The Morgan fingerprint density at radius 2 is 1.85 bits per heavy atom. The lowest BCUT2D eigenvalue weighted by molar-refractivity contribution is -0.188. The summed E-state index contributed by atoms with van der Waals surface area (Å²) in [6.45, 7) is -0.246. The average Bonchev–Trinajstić information content (AvgIpc) is 2.59. The Kier molecular flexibility index (Phi) is 4.49. The molecule has 2 aliphatic heterocycles. The van der Waals surface area contributed by atoms with Gasteiger partial charge in [-0.25, -0.2) is 0 Å². The predicted octanol–water partition coefficient (Wildman–Crippen LogP) is 2.59. The Bertz CT molecular complexity index is 739. The summed E-state index contributed by atoms with van der Waals surface area (Å²) in [5, 5.41) is 0. The molecular weight excluding hydrogens is 355 g/mol. The fraction of sp³-hybridized carbons (Fsp3) is 0.529. The SMILES string of the molecule is COc1cc(OC)c2c(c1)OC1(CCN(C(=O)C(F)(F)F)CC1)CC2=O. The van der Waals surface area contributed by atoms with Crippen LogP contribution in [-0.2, 0) is 4.79 Å². The fourth-order valence-corrected chi connectivity index (χ4v) is 3.43. The van der Waals surface area contributed by atoms with Crippen LogP contribution in [0.5, 0.6) is 17.2 Å². The van der Waals surface area contributed by atoms with Gasteiger partial charge in [-0.1, -0.05) is 0 Å². The number of methoxy groups -OCH3 is 2. The lowest BCUT2D eigenvalue weighted by Crippen LogP contribution is -2.54. The Morgan fingerprint density at radius 3 is 2.38 bits per heavy atom. The molecule has 0 unspecified atom stereocenters. The molecule has 1 spiro atoms. The van der Waals surface area contributed by atoms with E-state index in [4.69, 9.17) is 14.2 Å². The minimum Gasteiger partial charge on any atom is -0.496 e. The van der Waals surface area contributed by atoms with Crippen LogP contribution in [0.4, 0.5) is 13.2 Å². The number of carbonyl (C=O) groups excluding carboxylic acids is 2. The first-order chi connectivity index (χ1) is 12.2. The van der Waals surface area contributed by atoms with Crippen molar-refractivity contribution >= 4 is 11.7 Å². The maximum absolute atomic E-state index is 12.7. The normalized spacial score (nSPS) is 19.0. The average molecular weight is 373 g/mol. The van der Waals surface area contributed by atoms with E-state index in [0.29, 0.717) is 17.1 Å². The van der Waals surface area contributed by atoms with Crippen molar-refractivity contribution in [1.29, 1.82) is 0 Å². The van der Waals surface area contributed by atoms with Gasteiger partial charge in [0.1, 0.15) is 28.4 Å². The third-order valence-corrected chi connectivity index (χ3v) is 4.79. The highest BCUT2D eigenvalue weighted by atomic mass is 19.4. The summed E-state index contributed by atoms with van der Waals surface area (Å²) < 4.78 is 54.2. The first-order valence-electron chi connectivity index (χ1n) is 8.03. The van der Waals surface area contributed by atoms with E-state index in [2.05, 4.69) is 0 Å². The number of benzene rings is 1. The molecule has 0 bridgehead atoms. The number of likely N-dealkylation sites (tertiary alicyclic amines) is 1. The zero-order chi connectivity index (χ0) is 19.1. The number of hydrogen-bond donors (Lipinski definition) is 0. The maximum atomic E-state index is 12.7. The summed E-state index contributed by atoms with van der Waals surface area (Å²) in [7, 11) is 2.89. The summed E-state index contributed by atoms with van der Waals surface area (Å²) in [6.07, 6.45) is -4.60. The van der Waals surface area contributed by atoms with Gasteiger partial charge in [-0.3, -0.25) is 9.59 Å². The predicted molar refractivity (Wildman–Crippen MR) is 83.7 cm³/mol. The van der Waals surface area contributed by atoms with Crippen molar-refractivity contribution in [3.05, 3.63) is 17.7 Å². The first-order valence-corrected chi connectivity index (χ1v) is 8.03. The van der Waals surface area contributed by atoms with Gasteiger partial charge < -0.3 is 19.1 Å². The van der Waals surface area contributed by atoms with Crippen LogP contribution in [0.3, 0.4) is 0 Å². The number of rotatable bonds is 2. The zero-order valence-corrected chi connectivity index (χ0v) is 14.3. The minimum atomic E-state index is -4.90. The number of halogens is 3. The second-order valence-electron chi connectivity index (χ2n) is 6.38. The molecule has 0 atom stereocenters. The first kappa shape index (κ1) is 18.3. The van der Waals surface area contributed by atoms with Gasteiger partial charge in [0.05, 0.1) is 20.6 Å². The molecule has 1 aromatic rings. The van der Waals surface area contributed by atoms with Crippen molar-refractivity contribution in [2.45, 2.75) is 31.0 Å². The van der Waals surface area contributed by atoms with Crippen LogP contribution in [0.15, 0.2) is 12.1 Å². The molecule has 26 heavy (non-hydrogen) atoms.